The Kier molecular flexibility index (Phi) is 5.15. The Bertz CT molecular complexity index is 1280. The Morgan fingerprint density at radius 1 is 0.833 bits per heavy atom. The van der Waals surface area contributed by atoms with E-state index >= 15 is 0 Å². The van der Waals surface area contributed by atoms with Crippen molar-refractivity contribution < 1.29 is 14.3 Å². The van der Waals surface area contributed by atoms with Crippen LogP contribution in [-0.2, 0) is 0 Å². The third-order valence-corrected chi connectivity index (χ3v) is 5.01. The lowest BCUT2D eigenvalue weighted by atomic mass is 10.00. The number of fused-ring (bicyclic) bond motifs is 1. The van der Waals surface area contributed by atoms with E-state index in [1.165, 1.54) is 6.92 Å². The fourth-order valence-electron chi connectivity index (χ4n) is 3.61. The fraction of sp³-hybridized carbons (Fsp3) is 0.115. The summed E-state index contributed by atoms with van der Waals surface area (Å²) in [5.74, 6) is -0.418. The van der Waals surface area contributed by atoms with Crippen LogP contribution in [0.2, 0.25) is 0 Å². The van der Waals surface area contributed by atoms with Crippen LogP contribution in [0.4, 0.5) is 0 Å². The van der Waals surface area contributed by atoms with Gasteiger partial charge in [-0.05, 0) is 50.6 Å². The van der Waals surface area contributed by atoms with Crippen LogP contribution in [0.25, 0.3) is 22.2 Å². The van der Waals surface area contributed by atoms with Crippen molar-refractivity contribution >= 4 is 22.7 Å². The molecule has 0 saturated heterocycles. The summed E-state index contributed by atoms with van der Waals surface area (Å²) in [6, 6.07) is 22.2. The van der Waals surface area contributed by atoms with Gasteiger partial charge in [-0.25, -0.2) is 9.78 Å². The number of aryl methyl sites for hydroxylation is 2. The number of carbonyl (C=O) groups is 2. The molecule has 4 heteroatoms. The molecule has 0 amide bonds. The van der Waals surface area contributed by atoms with Gasteiger partial charge in [0.1, 0.15) is 5.75 Å². The van der Waals surface area contributed by atoms with E-state index in [2.05, 4.69) is 0 Å². The molecule has 1 aromatic heterocycles. The number of rotatable bonds is 4. The minimum atomic E-state index is -0.515. The summed E-state index contributed by atoms with van der Waals surface area (Å²) in [6.07, 6.45) is 0. The van der Waals surface area contributed by atoms with Gasteiger partial charge >= 0.3 is 5.97 Å². The lowest BCUT2D eigenvalue weighted by Gasteiger charge is -2.13. The van der Waals surface area contributed by atoms with E-state index in [4.69, 9.17) is 9.72 Å². The number of hydrogen-bond acceptors (Lipinski definition) is 4. The number of hydrogen-bond donors (Lipinski definition) is 0. The Balaban J connectivity index is 1.89. The average Bonchev–Trinajstić information content (AvgIpc) is 2.74. The standard InChI is InChI=1S/C26H21NO3/c1-16-13-17(2)25-21(14-16)22(15-23(27-25)19-9-5-4-6-10-19)26(29)30-24-12-8-7-11-20(24)18(3)28/h4-15H,1-3H3. The second-order valence-electron chi connectivity index (χ2n) is 7.34. The minimum absolute atomic E-state index is 0.158. The van der Waals surface area contributed by atoms with Gasteiger partial charge in [0.15, 0.2) is 5.78 Å². The minimum Gasteiger partial charge on any atom is -0.422 e. The van der Waals surface area contributed by atoms with E-state index in [1.54, 1.807) is 30.3 Å². The van der Waals surface area contributed by atoms with E-state index in [1.807, 2.05) is 56.3 Å². The lowest BCUT2D eigenvalue weighted by Crippen LogP contribution is -2.12. The lowest BCUT2D eigenvalue weighted by molar-refractivity contribution is 0.0735. The zero-order chi connectivity index (χ0) is 21.3. The molecule has 0 spiro atoms. The van der Waals surface area contributed by atoms with Crippen molar-refractivity contribution in [3.63, 3.8) is 0 Å². The number of Topliss-reactive ketones (excluding diaryl/α,β-unsaturated/α-hetero) is 1. The number of pyridine rings is 1. The Labute approximate surface area is 175 Å². The van der Waals surface area contributed by atoms with Crippen molar-refractivity contribution in [3.8, 4) is 17.0 Å². The smallest absolute Gasteiger partial charge is 0.344 e. The van der Waals surface area contributed by atoms with Gasteiger partial charge in [0.2, 0.25) is 0 Å². The van der Waals surface area contributed by atoms with Gasteiger partial charge < -0.3 is 4.74 Å². The molecule has 30 heavy (non-hydrogen) atoms. The first kappa shape index (κ1) is 19.5. The van der Waals surface area contributed by atoms with Gasteiger partial charge in [-0.1, -0.05) is 54.1 Å². The summed E-state index contributed by atoms with van der Waals surface area (Å²) in [4.78, 5) is 30.0. The van der Waals surface area contributed by atoms with Crippen LogP contribution in [0.15, 0.2) is 72.8 Å². The highest BCUT2D eigenvalue weighted by molar-refractivity contribution is 6.07. The number of nitrogens with zero attached hydrogens (tertiary/aromatic N) is 1. The van der Waals surface area contributed by atoms with Gasteiger partial charge in [0.05, 0.1) is 22.3 Å². The molecule has 0 fully saturated rings. The van der Waals surface area contributed by atoms with Crippen LogP contribution in [-0.4, -0.2) is 16.7 Å². The van der Waals surface area contributed by atoms with E-state index in [-0.39, 0.29) is 11.5 Å². The Morgan fingerprint density at radius 2 is 1.53 bits per heavy atom. The predicted octanol–water partition coefficient (Wildman–Crippen LogP) is 5.94. The molecular weight excluding hydrogens is 374 g/mol. The second-order valence-corrected chi connectivity index (χ2v) is 7.34. The highest BCUT2D eigenvalue weighted by Gasteiger charge is 2.19. The normalized spacial score (nSPS) is 10.8. The molecule has 0 aliphatic rings. The molecule has 4 aromatic rings. The van der Waals surface area contributed by atoms with Crippen LogP contribution < -0.4 is 4.74 Å². The summed E-state index contributed by atoms with van der Waals surface area (Å²) in [7, 11) is 0. The third kappa shape index (κ3) is 3.72. The first-order valence-corrected chi connectivity index (χ1v) is 9.73. The molecule has 0 unspecified atom stereocenters. The number of benzene rings is 3. The maximum Gasteiger partial charge on any atom is 0.344 e. The van der Waals surface area contributed by atoms with Crippen molar-refractivity contribution in [2.75, 3.05) is 0 Å². The first-order chi connectivity index (χ1) is 14.4. The topological polar surface area (TPSA) is 56.3 Å². The molecule has 1 heterocycles. The summed E-state index contributed by atoms with van der Waals surface area (Å²) in [6.45, 7) is 5.42. The van der Waals surface area contributed by atoms with Crippen molar-refractivity contribution in [2.24, 2.45) is 0 Å². The van der Waals surface area contributed by atoms with Crippen LogP contribution in [0.3, 0.4) is 0 Å². The molecule has 0 aliphatic heterocycles. The number of para-hydroxylation sites is 1. The van der Waals surface area contributed by atoms with Crippen molar-refractivity contribution in [3.05, 3.63) is 95.1 Å². The van der Waals surface area contributed by atoms with Crippen LogP contribution in [0.5, 0.6) is 5.75 Å². The van der Waals surface area contributed by atoms with Gasteiger partial charge in [-0.3, -0.25) is 4.79 Å². The molecule has 0 bridgehead atoms. The zero-order valence-corrected chi connectivity index (χ0v) is 17.1. The molecule has 4 nitrogen and oxygen atoms in total. The highest BCUT2D eigenvalue weighted by atomic mass is 16.5. The second kappa shape index (κ2) is 7.91. The predicted molar refractivity (Wildman–Crippen MR) is 118 cm³/mol. The molecule has 0 N–H and O–H groups in total. The first-order valence-electron chi connectivity index (χ1n) is 9.73. The highest BCUT2D eigenvalue weighted by Crippen LogP contribution is 2.29. The summed E-state index contributed by atoms with van der Waals surface area (Å²) >= 11 is 0. The number of ether oxygens (including phenoxy) is 1. The van der Waals surface area contributed by atoms with E-state index in [0.717, 1.165) is 27.6 Å². The summed E-state index contributed by atoms with van der Waals surface area (Å²) in [5.41, 5.74) is 5.19. The molecule has 0 aliphatic carbocycles. The van der Waals surface area contributed by atoms with Gasteiger partial charge in [-0.15, -0.1) is 0 Å². The Hall–Kier alpha value is -3.79. The fourth-order valence-corrected chi connectivity index (χ4v) is 3.61. The van der Waals surface area contributed by atoms with E-state index in [0.29, 0.717) is 16.8 Å². The molecule has 4 rings (SSSR count). The molecule has 0 radical (unpaired) electrons. The maximum atomic E-state index is 13.2. The Morgan fingerprint density at radius 3 is 2.27 bits per heavy atom. The summed E-state index contributed by atoms with van der Waals surface area (Å²) < 4.78 is 5.68. The largest absolute Gasteiger partial charge is 0.422 e. The molecule has 0 atom stereocenters. The number of aromatic nitrogens is 1. The third-order valence-electron chi connectivity index (χ3n) is 5.01. The van der Waals surface area contributed by atoms with Crippen molar-refractivity contribution in [2.45, 2.75) is 20.8 Å². The SMILES string of the molecule is CC(=O)c1ccccc1OC(=O)c1cc(-c2ccccc2)nc2c(C)cc(C)cc12. The average molecular weight is 395 g/mol. The van der Waals surface area contributed by atoms with Crippen LogP contribution in [0.1, 0.15) is 38.8 Å². The summed E-state index contributed by atoms with van der Waals surface area (Å²) in [5, 5.41) is 0.734. The van der Waals surface area contributed by atoms with Crippen LogP contribution >= 0.6 is 0 Å². The monoisotopic (exact) mass is 395 g/mol. The number of esters is 1. The number of carbonyl (C=O) groups excluding carboxylic acids is 2. The van der Waals surface area contributed by atoms with Crippen molar-refractivity contribution in [1.82, 2.24) is 4.98 Å². The van der Waals surface area contributed by atoms with Gasteiger partial charge in [-0.2, -0.15) is 0 Å². The van der Waals surface area contributed by atoms with Crippen LogP contribution in [0, 0.1) is 13.8 Å². The molecule has 148 valence electrons. The van der Waals surface area contributed by atoms with Crippen molar-refractivity contribution in [1.29, 1.82) is 0 Å². The number of ketones is 1. The molecule has 3 aromatic carbocycles. The maximum absolute atomic E-state index is 13.2. The van der Waals surface area contributed by atoms with Gasteiger partial charge in [0, 0.05) is 10.9 Å². The van der Waals surface area contributed by atoms with Gasteiger partial charge in [0.25, 0.3) is 0 Å². The zero-order valence-electron chi connectivity index (χ0n) is 17.1. The molecular formula is C26H21NO3. The quantitative estimate of drug-likeness (QED) is 0.244. The molecule has 0 saturated carbocycles. The van der Waals surface area contributed by atoms with E-state index < -0.39 is 5.97 Å². The van der Waals surface area contributed by atoms with E-state index in [9.17, 15) is 9.59 Å².